The largest absolute Gasteiger partial charge is 0.289 e. The number of carbonyl (C=O) groups excluding carboxylic acids is 1. The lowest BCUT2D eigenvalue weighted by molar-refractivity contribution is 0.104. The molecule has 0 unspecified atom stereocenters. The number of hydrogen-bond donors (Lipinski definition) is 0. The fraction of sp³-hybridized carbons (Fsp3) is 0.211. The van der Waals surface area contributed by atoms with Gasteiger partial charge in [0, 0.05) is 10.5 Å². The predicted octanol–water partition coefficient (Wildman–Crippen LogP) is 5.31. The van der Waals surface area contributed by atoms with E-state index in [2.05, 4.69) is 39.0 Å². The molecule has 0 aliphatic heterocycles. The van der Waals surface area contributed by atoms with Crippen molar-refractivity contribution in [3.05, 3.63) is 70.8 Å². The van der Waals surface area contributed by atoms with E-state index in [1.807, 2.05) is 30.3 Å². The number of hydrogen-bond acceptors (Lipinski definition) is 2. The van der Waals surface area contributed by atoms with Gasteiger partial charge in [0.25, 0.3) is 0 Å². The van der Waals surface area contributed by atoms with Crippen LogP contribution in [0.25, 0.3) is 6.08 Å². The normalized spacial score (nSPS) is 11.0. The maximum atomic E-state index is 12.2. The Balaban J connectivity index is 2.11. The Morgan fingerprint density at radius 3 is 2.24 bits per heavy atom. The summed E-state index contributed by atoms with van der Waals surface area (Å²) in [6, 6.07) is 14.1. The Hall–Kier alpha value is -1.80. The van der Waals surface area contributed by atoms with Gasteiger partial charge >= 0.3 is 0 Å². The molecule has 0 saturated heterocycles. The van der Waals surface area contributed by atoms with Gasteiger partial charge in [0.2, 0.25) is 0 Å². The molecule has 0 aliphatic rings. The maximum absolute atomic E-state index is 12.2. The predicted molar refractivity (Wildman–Crippen MR) is 92.1 cm³/mol. The quantitative estimate of drug-likeness (QED) is 0.422. The molecule has 1 nitrogen and oxygen atoms in total. The molecule has 2 aromatic rings. The molecule has 2 heteroatoms. The molecule has 0 saturated carbocycles. The van der Waals surface area contributed by atoms with Crippen LogP contribution in [0.15, 0.2) is 53.4 Å². The molecule has 0 spiro atoms. The van der Waals surface area contributed by atoms with Crippen LogP contribution >= 0.6 is 11.8 Å². The smallest absolute Gasteiger partial charge is 0.185 e. The molecule has 0 bridgehead atoms. The number of ketones is 1. The molecule has 21 heavy (non-hydrogen) atoms. The van der Waals surface area contributed by atoms with Crippen molar-refractivity contribution in [2.24, 2.45) is 0 Å². The Morgan fingerprint density at radius 2 is 1.67 bits per heavy atom. The average molecular weight is 296 g/mol. The van der Waals surface area contributed by atoms with E-state index in [9.17, 15) is 4.79 Å². The number of benzene rings is 2. The van der Waals surface area contributed by atoms with Gasteiger partial charge < -0.3 is 0 Å². The highest BCUT2D eigenvalue weighted by atomic mass is 32.2. The van der Waals surface area contributed by atoms with Crippen LogP contribution in [0.4, 0.5) is 0 Å². The molecule has 0 fully saturated rings. The van der Waals surface area contributed by atoms with Crippen molar-refractivity contribution < 1.29 is 4.79 Å². The van der Waals surface area contributed by atoms with Gasteiger partial charge in [0.1, 0.15) is 0 Å². The van der Waals surface area contributed by atoms with Crippen molar-refractivity contribution in [1.29, 1.82) is 0 Å². The van der Waals surface area contributed by atoms with Crippen molar-refractivity contribution >= 4 is 23.6 Å². The molecule has 108 valence electrons. The highest BCUT2D eigenvalue weighted by molar-refractivity contribution is 7.99. The Bertz CT molecular complexity index is 634. The minimum atomic E-state index is 0.0437. The first-order valence-electron chi connectivity index (χ1n) is 7.12. The summed E-state index contributed by atoms with van der Waals surface area (Å²) in [4.78, 5) is 13.4. The molecule has 0 aromatic heterocycles. The summed E-state index contributed by atoms with van der Waals surface area (Å²) in [6.45, 7) is 6.25. The second-order valence-corrected chi connectivity index (χ2v) is 6.41. The summed E-state index contributed by atoms with van der Waals surface area (Å²) in [5, 5.41) is 0. The van der Waals surface area contributed by atoms with Gasteiger partial charge in [-0.25, -0.2) is 0 Å². The number of allylic oxidation sites excluding steroid dienone is 1. The standard InChI is InChI=1S/C19H20OS/c1-4-21-18-8-6-17(7-9-18)19(20)10-5-16-12-14(2)11-15(3)13-16/h5-13H,4H2,1-3H3. The fourth-order valence-electron chi connectivity index (χ4n) is 2.26. The first kappa shape index (κ1) is 15.6. The minimum Gasteiger partial charge on any atom is -0.289 e. The summed E-state index contributed by atoms with van der Waals surface area (Å²) in [5.74, 6) is 1.09. The summed E-state index contributed by atoms with van der Waals surface area (Å²) in [7, 11) is 0. The van der Waals surface area contributed by atoms with Crippen LogP contribution in [0.5, 0.6) is 0 Å². The molecule has 0 atom stereocenters. The van der Waals surface area contributed by atoms with E-state index in [-0.39, 0.29) is 5.78 Å². The first-order chi connectivity index (χ1) is 10.1. The van der Waals surface area contributed by atoms with E-state index in [1.54, 1.807) is 17.8 Å². The molecule has 0 heterocycles. The number of rotatable bonds is 5. The van der Waals surface area contributed by atoms with E-state index in [0.717, 1.165) is 16.9 Å². The SMILES string of the molecule is CCSc1ccc(C(=O)C=Cc2cc(C)cc(C)c2)cc1. The summed E-state index contributed by atoms with van der Waals surface area (Å²) in [5.41, 5.74) is 4.22. The maximum Gasteiger partial charge on any atom is 0.185 e. The van der Waals surface area contributed by atoms with Gasteiger partial charge in [-0.1, -0.05) is 42.3 Å². The molecule has 0 N–H and O–H groups in total. The van der Waals surface area contributed by atoms with Gasteiger partial charge in [-0.05, 0) is 55.5 Å². The number of carbonyl (C=O) groups is 1. The van der Waals surface area contributed by atoms with E-state index in [1.165, 1.54) is 16.0 Å². The van der Waals surface area contributed by atoms with Crippen LogP contribution in [0, 0.1) is 13.8 Å². The molecule has 2 rings (SSSR count). The lowest BCUT2D eigenvalue weighted by Crippen LogP contribution is -1.93. The minimum absolute atomic E-state index is 0.0437. The van der Waals surface area contributed by atoms with E-state index >= 15 is 0 Å². The Labute approximate surface area is 131 Å². The Kier molecular flexibility index (Phi) is 5.40. The van der Waals surface area contributed by atoms with Gasteiger partial charge in [0.15, 0.2) is 5.78 Å². The van der Waals surface area contributed by atoms with Crippen LogP contribution in [0.3, 0.4) is 0 Å². The highest BCUT2D eigenvalue weighted by Crippen LogP contribution is 2.18. The van der Waals surface area contributed by atoms with E-state index < -0.39 is 0 Å². The van der Waals surface area contributed by atoms with Gasteiger partial charge in [-0.2, -0.15) is 0 Å². The van der Waals surface area contributed by atoms with Gasteiger partial charge in [-0.3, -0.25) is 4.79 Å². The van der Waals surface area contributed by atoms with Crippen LogP contribution in [0.2, 0.25) is 0 Å². The molecule has 0 amide bonds. The first-order valence-corrected chi connectivity index (χ1v) is 8.10. The number of thioether (sulfide) groups is 1. The number of aryl methyl sites for hydroxylation is 2. The fourth-order valence-corrected chi connectivity index (χ4v) is 2.92. The Morgan fingerprint density at radius 1 is 1.05 bits per heavy atom. The van der Waals surface area contributed by atoms with Crippen LogP contribution < -0.4 is 0 Å². The van der Waals surface area contributed by atoms with Gasteiger partial charge in [0.05, 0.1) is 0 Å². The van der Waals surface area contributed by atoms with Crippen molar-refractivity contribution in [2.45, 2.75) is 25.7 Å². The zero-order valence-corrected chi connectivity index (χ0v) is 13.5. The van der Waals surface area contributed by atoms with Crippen molar-refractivity contribution in [3.63, 3.8) is 0 Å². The molecule has 0 aliphatic carbocycles. The zero-order chi connectivity index (χ0) is 15.2. The third-order valence-corrected chi connectivity index (χ3v) is 4.02. The highest BCUT2D eigenvalue weighted by Gasteiger charge is 2.02. The van der Waals surface area contributed by atoms with E-state index in [0.29, 0.717) is 0 Å². The molecular weight excluding hydrogens is 276 g/mol. The van der Waals surface area contributed by atoms with Crippen LogP contribution in [-0.4, -0.2) is 11.5 Å². The van der Waals surface area contributed by atoms with Crippen molar-refractivity contribution in [1.82, 2.24) is 0 Å². The third kappa shape index (κ3) is 4.61. The summed E-state index contributed by atoms with van der Waals surface area (Å²) in [6.07, 6.45) is 3.53. The van der Waals surface area contributed by atoms with E-state index in [4.69, 9.17) is 0 Å². The average Bonchev–Trinajstić information content (AvgIpc) is 2.45. The molecular formula is C19H20OS. The summed E-state index contributed by atoms with van der Waals surface area (Å²) >= 11 is 1.78. The lowest BCUT2D eigenvalue weighted by Gasteiger charge is -2.01. The van der Waals surface area contributed by atoms with Crippen molar-refractivity contribution in [3.8, 4) is 0 Å². The van der Waals surface area contributed by atoms with Crippen molar-refractivity contribution in [2.75, 3.05) is 5.75 Å². The molecule has 0 radical (unpaired) electrons. The lowest BCUT2D eigenvalue weighted by atomic mass is 10.1. The zero-order valence-electron chi connectivity index (χ0n) is 12.7. The van der Waals surface area contributed by atoms with Crippen LogP contribution in [-0.2, 0) is 0 Å². The summed E-state index contributed by atoms with van der Waals surface area (Å²) < 4.78 is 0. The second-order valence-electron chi connectivity index (χ2n) is 5.08. The van der Waals surface area contributed by atoms with Gasteiger partial charge in [-0.15, -0.1) is 11.8 Å². The second kappa shape index (κ2) is 7.28. The third-order valence-electron chi connectivity index (χ3n) is 3.12. The topological polar surface area (TPSA) is 17.1 Å². The van der Waals surface area contributed by atoms with Crippen LogP contribution in [0.1, 0.15) is 34.0 Å². The molecule has 2 aromatic carbocycles. The monoisotopic (exact) mass is 296 g/mol.